The van der Waals surface area contributed by atoms with Crippen molar-refractivity contribution in [1.82, 2.24) is 14.9 Å². The van der Waals surface area contributed by atoms with Crippen LogP contribution in [0.3, 0.4) is 0 Å². The molecule has 7 heteroatoms. The van der Waals surface area contributed by atoms with Gasteiger partial charge in [0.2, 0.25) is 5.91 Å². The number of amides is 1. The average Bonchev–Trinajstić information content (AvgIpc) is 3.30. The Kier molecular flexibility index (Phi) is 4.81. The number of rotatable bonds is 0. The zero-order valence-electron chi connectivity index (χ0n) is 17.8. The largest absolute Gasteiger partial charge is 0.453 e. The van der Waals surface area contributed by atoms with Gasteiger partial charge in [0.05, 0.1) is 30.3 Å². The van der Waals surface area contributed by atoms with E-state index in [0.29, 0.717) is 28.7 Å². The molecule has 1 atom stereocenters. The van der Waals surface area contributed by atoms with Crippen LogP contribution in [0.2, 0.25) is 0 Å². The van der Waals surface area contributed by atoms with Gasteiger partial charge in [0.1, 0.15) is 5.75 Å². The van der Waals surface area contributed by atoms with Gasteiger partial charge in [-0.15, -0.1) is 0 Å². The minimum absolute atomic E-state index is 0.104. The number of H-pyrrole nitrogens is 1. The Morgan fingerprint density at radius 3 is 2.58 bits per heavy atom. The molecule has 6 rings (SSSR count). The van der Waals surface area contributed by atoms with Crippen molar-refractivity contribution in [2.24, 2.45) is 0 Å². The van der Waals surface area contributed by atoms with Crippen molar-refractivity contribution in [1.29, 1.82) is 0 Å². The first-order valence-electron chi connectivity index (χ1n) is 10.9. The second-order valence-corrected chi connectivity index (χ2v) is 8.16. The predicted molar refractivity (Wildman–Crippen MR) is 124 cm³/mol. The molecule has 2 aliphatic heterocycles. The number of aromatic nitrogens is 2. The van der Waals surface area contributed by atoms with Gasteiger partial charge in [-0.05, 0) is 42.0 Å². The molecule has 0 saturated carbocycles. The van der Waals surface area contributed by atoms with Gasteiger partial charge in [-0.1, -0.05) is 36.4 Å². The smallest absolute Gasteiger partial charge is 0.238 e. The molecule has 7 nitrogen and oxygen atoms in total. The number of anilines is 1. The predicted octanol–water partition coefficient (Wildman–Crippen LogP) is 4.89. The van der Waals surface area contributed by atoms with Gasteiger partial charge in [-0.25, -0.2) is 4.98 Å². The van der Waals surface area contributed by atoms with Crippen LogP contribution in [0.5, 0.6) is 23.0 Å². The highest BCUT2D eigenvalue weighted by atomic mass is 16.5. The molecule has 2 aliphatic rings. The molecule has 33 heavy (non-hydrogen) atoms. The van der Waals surface area contributed by atoms with Crippen LogP contribution in [0, 0.1) is 0 Å². The number of fused-ring (bicyclic) bond motifs is 8. The van der Waals surface area contributed by atoms with E-state index in [1.165, 1.54) is 0 Å². The standard InChI is InChI=1S/C26H22N4O3/c31-24-15-30-13-12-20-25(28-16-27-20)26(30)17-6-5-7-18(14-17)32-22-10-3-4-11-23(22)33-21-9-2-1-8-19(21)29-24/h1-11,14,16,26H,12-13,15H2,(H,27,28)(H,29,31). The van der Waals surface area contributed by atoms with Gasteiger partial charge in [0.25, 0.3) is 0 Å². The third-order valence-electron chi connectivity index (χ3n) is 6.00. The SMILES string of the molecule is O=C1CN2CCc3[nH]cnc3C2c2cccc(c2)Oc2ccccc2Oc2ccccc2N1. The van der Waals surface area contributed by atoms with E-state index < -0.39 is 0 Å². The van der Waals surface area contributed by atoms with Gasteiger partial charge in [0, 0.05) is 18.7 Å². The maximum atomic E-state index is 13.1. The molecule has 1 unspecified atom stereocenters. The monoisotopic (exact) mass is 438 g/mol. The Bertz CT molecular complexity index is 1330. The fourth-order valence-corrected chi connectivity index (χ4v) is 4.51. The zero-order valence-corrected chi connectivity index (χ0v) is 17.8. The van der Waals surface area contributed by atoms with Crippen LogP contribution in [0.25, 0.3) is 0 Å². The number of benzene rings is 3. The van der Waals surface area contributed by atoms with Crippen molar-refractivity contribution < 1.29 is 14.3 Å². The van der Waals surface area contributed by atoms with Crippen LogP contribution in [0.1, 0.15) is 23.0 Å². The lowest BCUT2D eigenvalue weighted by Crippen LogP contribution is -2.41. The van der Waals surface area contributed by atoms with Crippen molar-refractivity contribution in [2.75, 3.05) is 18.4 Å². The van der Waals surface area contributed by atoms with Gasteiger partial charge in [0.15, 0.2) is 17.2 Å². The number of imidazole rings is 1. The van der Waals surface area contributed by atoms with Crippen molar-refractivity contribution in [3.63, 3.8) is 0 Å². The quantitative estimate of drug-likeness (QED) is 0.409. The summed E-state index contributed by atoms with van der Waals surface area (Å²) in [6.07, 6.45) is 2.53. The maximum absolute atomic E-state index is 13.1. The van der Waals surface area contributed by atoms with E-state index >= 15 is 0 Å². The van der Waals surface area contributed by atoms with E-state index in [-0.39, 0.29) is 18.5 Å². The summed E-state index contributed by atoms with van der Waals surface area (Å²) in [5.74, 6) is 2.30. The summed E-state index contributed by atoms with van der Waals surface area (Å²) in [6, 6.07) is 22.7. The number of nitrogens with zero attached hydrogens (tertiary/aromatic N) is 2. The first-order chi connectivity index (χ1) is 16.2. The summed E-state index contributed by atoms with van der Waals surface area (Å²) in [4.78, 5) is 23.1. The molecule has 0 aliphatic carbocycles. The van der Waals surface area contributed by atoms with Crippen LogP contribution in [-0.4, -0.2) is 33.9 Å². The first kappa shape index (κ1) is 19.6. The summed E-state index contributed by atoms with van der Waals surface area (Å²) in [5.41, 5.74) is 3.68. The fraction of sp³-hybridized carbons (Fsp3) is 0.154. The lowest BCUT2D eigenvalue weighted by molar-refractivity contribution is -0.117. The van der Waals surface area contributed by atoms with Crippen LogP contribution in [-0.2, 0) is 11.2 Å². The molecular formula is C26H22N4O3. The summed E-state index contributed by atoms with van der Waals surface area (Å²) in [5, 5.41) is 3.03. The molecule has 4 aromatic rings. The number of para-hydroxylation sites is 4. The van der Waals surface area contributed by atoms with E-state index in [9.17, 15) is 4.79 Å². The van der Waals surface area contributed by atoms with Crippen molar-refractivity contribution in [2.45, 2.75) is 12.5 Å². The number of aromatic amines is 1. The Labute approximate surface area is 191 Å². The Balaban J connectivity index is 1.49. The minimum Gasteiger partial charge on any atom is -0.453 e. The van der Waals surface area contributed by atoms with Gasteiger partial charge in [-0.3, -0.25) is 9.69 Å². The Hall–Kier alpha value is -4.10. The molecule has 3 heterocycles. The molecule has 0 fully saturated rings. The molecule has 1 amide bonds. The van der Waals surface area contributed by atoms with E-state index in [1.54, 1.807) is 6.33 Å². The number of ether oxygens (including phenoxy) is 2. The molecule has 3 aromatic carbocycles. The zero-order chi connectivity index (χ0) is 22.2. The lowest BCUT2D eigenvalue weighted by atomic mass is 9.95. The number of hydrogen-bond donors (Lipinski definition) is 2. The average molecular weight is 438 g/mol. The number of carbonyl (C=O) groups is 1. The molecule has 2 N–H and O–H groups in total. The topological polar surface area (TPSA) is 79.5 Å². The number of hydrogen-bond acceptors (Lipinski definition) is 5. The van der Waals surface area contributed by atoms with Crippen LogP contribution < -0.4 is 14.8 Å². The van der Waals surface area contributed by atoms with Crippen LogP contribution in [0.4, 0.5) is 5.69 Å². The summed E-state index contributed by atoms with van der Waals surface area (Å²) >= 11 is 0. The Morgan fingerprint density at radius 2 is 1.70 bits per heavy atom. The molecular weight excluding hydrogens is 416 g/mol. The third-order valence-corrected chi connectivity index (χ3v) is 6.00. The molecule has 0 spiro atoms. The van der Waals surface area contributed by atoms with Crippen molar-refractivity contribution in [3.8, 4) is 23.0 Å². The number of carbonyl (C=O) groups excluding carboxylic acids is 1. The van der Waals surface area contributed by atoms with Gasteiger partial charge >= 0.3 is 0 Å². The fourth-order valence-electron chi connectivity index (χ4n) is 4.51. The number of nitrogens with one attached hydrogen (secondary N) is 2. The van der Waals surface area contributed by atoms with Gasteiger partial charge in [-0.2, -0.15) is 0 Å². The van der Waals surface area contributed by atoms with E-state index in [4.69, 9.17) is 9.47 Å². The molecule has 164 valence electrons. The highest BCUT2D eigenvalue weighted by molar-refractivity contribution is 5.93. The molecule has 2 bridgehead atoms. The van der Waals surface area contributed by atoms with E-state index in [1.807, 2.05) is 66.7 Å². The first-order valence-corrected chi connectivity index (χ1v) is 10.9. The summed E-state index contributed by atoms with van der Waals surface area (Å²) in [7, 11) is 0. The van der Waals surface area contributed by atoms with Crippen LogP contribution >= 0.6 is 0 Å². The highest BCUT2D eigenvalue weighted by Gasteiger charge is 2.32. The molecule has 1 aromatic heterocycles. The summed E-state index contributed by atoms with van der Waals surface area (Å²) < 4.78 is 12.5. The lowest BCUT2D eigenvalue weighted by Gasteiger charge is -2.35. The second-order valence-electron chi connectivity index (χ2n) is 8.16. The molecule has 0 radical (unpaired) electrons. The van der Waals surface area contributed by atoms with Gasteiger partial charge < -0.3 is 19.8 Å². The van der Waals surface area contributed by atoms with E-state index in [0.717, 1.165) is 29.9 Å². The highest BCUT2D eigenvalue weighted by Crippen LogP contribution is 2.39. The Morgan fingerprint density at radius 1 is 0.909 bits per heavy atom. The third kappa shape index (κ3) is 3.72. The normalized spacial score (nSPS) is 17.7. The maximum Gasteiger partial charge on any atom is 0.238 e. The van der Waals surface area contributed by atoms with Crippen molar-refractivity contribution in [3.05, 3.63) is 96.1 Å². The second kappa shape index (κ2) is 8.11. The van der Waals surface area contributed by atoms with Crippen molar-refractivity contribution >= 4 is 11.6 Å². The van der Waals surface area contributed by atoms with E-state index in [2.05, 4.69) is 26.3 Å². The minimum atomic E-state index is -0.154. The molecule has 0 saturated heterocycles. The summed E-state index contributed by atoms with van der Waals surface area (Å²) in [6.45, 7) is 0.965. The van der Waals surface area contributed by atoms with Crippen LogP contribution in [0.15, 0.2) is 79.1 Å².